The van der Waals surface area contributed by atoms with Crippen LogP contribution in [-0.4, -0.2) is 16.3 Å². The van der Waals surface area contributed by atoms with Crippen molar-refractivity contribution in [2.75, 3.05) is 11.9 Å². The maximum atomic E-state index is 12.1. The summed E-state index contributed by atoms with van der Waals surface area (Å²) >= 11 is 6.15. The number of rotatable bonds is 4. The van der Waals surface area contributed by atoms with Crippen LogP contribution in [0, 0.1) is 11.8 Å². The lowest BCUT2D eigenvalue weighted by atomic mass is 9.83. The van der Waals surface area contributed by atoms with Crippen molar-refractivity contribution in [3.05, 3.63) is 21.6 Å². The molecule has 1 heterocycles. The first-order chi connectivity index (χ1) is 9.49. The number of nitrogens with one attached hydrogen (secondary N) is 1. The number of hydrogen-bond donors (Lipinski definition) is 1. The van der Waals surface area contributed by atoms with Crippen LogP contribution in [0.25, 0.3) is 0 Å². The Morgan fingerprint density at radius 3 is 2.65 bits per heavy atom. The second-order valence-corrected chi connectivity index (χ2v) is 6.60. The number of aromatic nitrogens is 2. The SMILES string of the molecule is CC1CCC(CNc2cnn(C(C)C)c(=O)c2Cl)CC1. The standard InChI is InChI=1S/C15H24ClN3O/c1-10(2)19-15(20)14(16)13(9-18-19)17-8-12-6-4-11(3)5-7-12/h9-12,17H,4-8H2,1-3H3. The monoisotopic (exact) mass is 297 g/mol. The summed E-state index contributed by atoms with van der Waals surface area (Å²) in [6, 6.07) is 0.0221. The van der Waals surface area contributed by atoms with Crippen LogP contribution in [0.15, 0.2) is 11.0 Å². The van der Waals surface area contributed by atoms with Crippen molar-refractivity contribution in [2.45, 2.75) is 52.5 Å². The molecule has 0 unspecified atom stereocenters. The van der Waals surface area contributed by atoms with E-state index < -0.39 is 0 Å². The minimum absolute atomic E-state index is 0.0221. The molecular formula is C15H24ClN3O. The van der Waals surface area contributed by atoms with Gasteiger partial charge in [-0.15, -0.1) is 0 Å². The quantitative estimate of drug-likeness (QED) is 0.921. The van der Waals surface area contributed by atoms with Gasteiger partial charge in [0.05, 0.1) is 17.9 Å². The molecule has 112 valence electrons. The Kier molecular flexibility index (Phi) is 5.08. The van der Waals surface area contributed by atoms with Gasteiger partial charge in [-0.05, 0) is 38.5 Å². The average Bonchev–Trinajstić information content (AvgIpc) is 2.42. The molecule has 1 N–H and O–H groups in total. The van der Waals surface area contributed by atoms with E-state index in [1.807, 2.05) is 13.8 Å². The number of anilines is 1. The van der Waals surface area contributed by atoms with Gasteiger partial charge in [0.15, 0.2) is 0 Å². The van der Waals surface area contributed by atoms with Crippen molar-refractivity contribution >= 4 is 17.3 Å². The third kappa shape index (κ3) is 3.54. The molecule has 1 aromatic heterocycles. The Morgan fingerprint density at radius 2 is 2.05 bits per heavy atom. The summed E-state index contributed by atoms with van der Waals surface area (Å²) in [5.41, 5.74) is 0.441. The van der Waals surface area contributed by atoms with Crippen molar-refractivity contribution in [1.82, 2.24) is 9.78 Å². The highest BCUT2D eigenvalue weighted by atomic mass is 35.5. The molecule has 0 aliphatic heterocycles. The van der Waals surface area contributed by atoms with E-state index in [1.54, 1.807) is 6.20 Å². The van der Waals surface area contributed by atoms with Crippen LogP contribution in [0.4, 0.5) is 5.69 Å². The molecule has 0 saturated heterocycles. The number of halogens is 1. The van der Waals surface area contributed by atoms with Crippen molar-refractivity contribution in [3.8, 4) is 0 Å². The van der Waals surface area contributed by atoms with E-state index in [9.17, 15) is 4.79 Å². The van der Waals surface area contributed by atoms with E-state index in [0.29, 0.717) is 11.6 Å². The highest BCUT2D eigenvalue weighted by Gasteiger charge is 2.19. The normalized spacial score (nSPS) is 23.1. The molecule has 1 aliphatic rings. The summed E-state index contributed by atoms with van der Waals surface area (Å²) in [7, 11) is 0. The zero-order valence-electron chi connectivity index (χ0n) is 12.5. The van der Waals surface area contributed by atoms with Crippen LogP contribution in [0.3, 0.4) is 0 Å². The van der Waals surface area contributed by atoms with Gasteiger partial charge >= 0.3 is 0 Å². The Morgan fingerprint density at radius 1 is 1.40 bits per heavy atom. The van der Waals surface area contributed by atoms with E-state index in [2.05, 4.69) is 17.3 Å². The molecule has 0 aromatic carbocycles. The van der Waals surface area contributed by atoms with Gasteiger partial charge in [0, 0.05) is 6.54 Å². The predicted octanol–water partition coefficient (Wildman–Crippen LogP) is 3.72. The molecule has 4 nitrogen and oxygen atoms in total. The first kappa shape index (κ1) is 15.4. The smallest absolute Gasteiger partial charge is 0.287 e. The molecule has 0 amide bonds. The third-order valence-corrected chi connectivity index (χ3v) is 4.51. The summed E-state index contributed by atoms with van der Waals surface area (Å²) in [6.07, 6.45) is 6.76. The van der Waals surface area contributed by atoms with Crippen molar-refractivity contribution in [1.29, 1.82) is 0 Å². The molecule has 1 aromatic rings. The second kappa shape index (κ2) is 6.61. The molecule has 5 heteroatoms. The summed E-state index contributed by atoms with van der Waals surface area (Å²) in [6.45, 7) is 7.03. The molecule has 0 atom stereocenters. The minimum atomic E-state index is -0.219. The highest BCUT2D eigenvalue weighted by molar-refractivity contribution is 6.32. The van der Waals surface area contributed by atoms with Crippen LogP contribution >= 0.6 is 11.6 Å². The van der Waals surface area contributed by atoms with E-state index in [0.717, 1.165) is 12.5 Å². The number of hydrogen-bond acceptors (Lipinski definition) is 3. The van der Waals surface area contributed by atoms with Crippen molar-refractivity contribution in [2.24, 2.45) is 11.8 Å². The topological polar surface area (TPSA) is 46.9 Å². The fourth-order valence-corrected chi connectivity index (χ4v) is 2.93. The third-order valence-electron chi connectivity index (χ3n) is 4.15. The molecule has 0 bridgehead atoms. The van der Waals surface area contributed by atoms with Gasteiger partial charge in [-0.3, -0.25) is 4.79 Å². The molecule has 1 aliphatic carbocycles. The zero-order valence-corrected chi connectivity index (χ0v) is 13.3. The first-order valence-corrected chi connectivity index (χ1v) is 7.88. The first-order valence-electron chi connectivity index (χ1n) is 7.50. The zero-order chi connectivity index (χ0) is 14.7. The van der Waals surface area contributed by atoms with Crippen LogP contribution in [0.1, 0.15) is 52.5 Å². The van der Waals surface area contributed by atoms with E-state index >= 15 is 0 Å². The van der Waals surface area contributed by atoms with Crippen LogP contribution in [0.2, 0.25) is 5.02 Å². The van der Waals surface area contributed by atoms with Crippen molar-refractivity contribution < 1.29 is 0 Å². The van der Waals surface area contributed by atoms with Gasteiger partial charge in [0.1, 0.15) is 5.02 Å². The average molecular weight is 298 g/mol. The summed E-state index contributed by atoms with van der Waals surface area (Å²) in [4.78, 5) is 12.1. The highest BCUT2D eigenvalue weighted by Crippen LogP contribution is 2.28. The Labute approximate surface area is 125 Å². The molecule has 1 fully saturated rings. The molecule has 0 spiro atoms. The van der Waals surface area contributed by atoms with Crippen LogP contribution in [0.5, 0.6) is 0 Å². The van der Waals surface area contributed by atoms with E-state index in [4.69, 9.17) is 11.6 Å². The second-order valence-electron chi connectivity index (χ2n) is 6.22. The maximum Gasteiger partial charge on any atom is 0.287 e. The van der Waals surface area contributed by atoms with Gasteiger partial charge in [-0.2, -0.15) is 5.10 Å². The molecule has 20 heavy (non-hydrogen) atoms. The number of nitrogens with zero attached hydrogens (tertiary/aromatic N) is 2. The lowest BCUT2D eigenvalue weighted by Crippen LogP contribution is -2.27. The fourth-order valence-electron chi connectivity index (χ4n) is 2.72. The van der Waals surface area contributed by atoms with Gasteiger partial charge < -0.3 is 5.32 Å². The lowest BCUT2D eigenvalue weighted by Gasteiger charge is -2.26. The van der Waals surface area contributed by atoms with Crippen LogP contribution < -0.4 is 10.9 Å². The predicted molar refractivity (Wildman–Crippen MR) is 83.5 cm³/mol. The summed E-state index contributed by atoms with van der Waals surface area (Å²) < 4.78 is 1.41. The van der Waals surface area contributed by atoms with Gasteiger partial charge in [0.2, 0.25) is 0 Å². The minimum Gasteiger partial charge on any atom is -0.382 e. The van der Waals surface area contributed by atoms with E-state index in [1.165, 1.54) is 30.4 Å². The molecule has 0 radical (unpaired) electrons. The molecular weight excluding hydrogens is 274 g/mol. The Hall–Kier alpha value is -1.03. The lowest BCUT2D eigenvalue weighted by molar-refractivity contribution is 0.300. The molecule has 2 rings (SSSR count). The Bertz CT molecular complexity index is 504. The van der Waals surface area contributed by atoms with E-state index in [-0.39, 0.29) is 16.6 Å². The largest absolute Gasteiger partial charge is 0.382 e. The van der Waals surface area contributed by atoms with Crippen LogP contribution in [-0.2, 0) is 0 Å². The fraction of sp³-hybridized carbons (Fsp3) is 0.733. The Balaban J connectivity index is 2.00. The van der Waals surface area contributed by atoms with Gasteiger partial charge in [0.25, 0.3) is 5.56 Å². The van der Waals surface area contributed by atoms with Gasteiger partial charge in [-0.1, -0.05) is 31.4 Å². The van der Waals surface area contributed by atoms with Gasteiger partial charge in [-0.25, -0.2) is 4.68 Å². The molecule has 1 saturated carbocycles. The summed E-state index contributed by atoms with van der Waals surface area (Å²) in [5, 5.41) is 7.72. The summed E-state index contributed by atoms with van der Waals surface area (Å²) in [5.74, 6) is 1.53. The van der Waals surface area contributed by atoms with Crippen molar-refractivity contribution in [3.63, 3.8) is 0 Å². The maximum absolute atomic E-state index is 12.1.